The van der Waals surface area contributed by atoms with E-state index in [2.05, 4.69) is 29.5 Å². The van der Waals surface area contributed by atoms with E-state index in [0.717, 1.165) is 16.3 Å². The Morgan fingerprint density at radius 2 is 2.00 bits per heavy atom. The van der Waals surface area contributed by atoms with Crippen LogP contribution in [0.3, 0.4) is 0 Å². The molecule has 17 heavy (non-hydrogen) atoms. The third-order valence-electron chi connectivity index (χ3n) is 2.77. The highest BCUT2D eigenvalue weighted by molar-refractivity contribution is 7.07. The average molecular weight is 267 g/mol. The van der Waals surface area contributed by atoms with E-state index < -0.39 is 0 Å². The molecule has 2 atom stereocenters. The summed E-state index contributed by atoms with van der Waals surface area (Å²) in [5.74, 6) is 0. The zero-order valence-corrected chi connectivity index (χ0v) is 11.4. The molecule has 1 heterocycles. The van der Waals surface area contributed by atoms with Crippen molar-refractivity contribution in [2.24, 2.45) is 0 Å². The molecule has 1 N–H and O–H groups in total. The van der Waals surface area contributed by atoms with E-state index in [1.54, 1.807) is 11.3 Å². The van der Waals surface area contributed by atoms with E-state index in [4.69, 9.17) is 11.6 Å². The molecule has 0 fully saturated rings. The predicted molar refractivity (Wildman–Crippen MR) is 73.5 cm³/mol. The van der Waals surface area contributed by atoms with Gasteiger partial charge in [0.1, 0.15) is 0 Å². The second kappa shape index (κ2) is 5.63. The minimum atomic E-state index is 0.209. The van der Waals surface area contributed by atoms with Gasteiger partial charge in [0.25, 0.3) is 0 Å². The van der Waals surface area contributed by atoms with Gasteiger partial charge in [0.2, 0.25) is 0 Å². The zero-order valence-electron chi connectivity index (χ0n) is 9.85. The monoisotopic (exact) mass is 266 g/mol. The molecule has 2 rings (SSSR count). The third-order valence-corrected chi connectivity index (χ3v) is 3.72. The van der Waals surface area contributed by atoms with Crippen molar-refractivity contribution in [1.82, 2.24) is 10.3 Å². The highest BCUT2D eigenvalue weighted by Crippen LogP contribution is 2.24. The van der Waals surface area contributed by atoms with Gasteiger partial charge in [-0.1, -0.05) is 29.8 Å². The first-order valence-corrected chi connectivity index (χ1v) is 6.89. The van der Waals surface area contributed by atoms with E-state index in [9.17, 15) is 0 Å². The quantitative estimate of drug-likeness (QED) is 0.897. The number of halogens is 1. The fourth-order valence-electron chi connectivity index (χ4n) is 1.81. The molecule has 2 unspecified atom stereocenters. The van der Waals surface area contributed by atoms with Gasteiger partial charge >= 0.3 is 0 Å². The lowest BCUT2D eigenvalue weighted by molar-refractivity contribution is 0.488. The van der Waals surface area contributed by atoms with Gasteiger partial charge in [0, 0.05) is 22.5 Å². The molecular formula is C13H15ClN2S. The molecule has 4 heteroatoms. The summed E-state index contributed by atoms with van der Waals surface area (Å²) in [4.78, 5) is 4.31. The summed E-state index contributed by atoms with van der Waals surface area (Å²) in [5, 5.41) is 6.37. The standard InChI is InChI=1S/C13H15ClN2S/c1-9(11-5-3-4-6-12(11)14)16-10(2)13-7-17-8-15-13/h3-10,16H,1-2H3. The molecule has 0 spiro atoms. The summed E-state index contributed by atoms with van der Waals surface area (Å²) in [6, 6.07) is 8.36. The summed E-state index contributed by atoms with van der Waals surface area (Å²) in [6.07, 6.45) is 0. The van der Waals surface area contributed by atoms with Crippen molar-refractivity contribution >= 4 is 22.9 Å². The molecule has 90 valence electrons. The fraction of sp³-hybridized carbons (Fsp3) is 0.308. The second-order valence-electron chi connectivity index (χ2n) is 4.04. The van der Waals surface area contributed by atoms with Crippen molar-refractivity contribution in [3.05, 3.63) is 51.4 Å². The molecule has 0 aliphatic carbocycles. The fourth-order valence-corrected chi connectivity index (χ4v) is 2.76. The Labute approximate surface area is 111 Å². The lowest BCUT2D eigenvalue weighted by Crippen LogP contribution is -2.22. The van der Waals surface area contributed by atoms with Crippen molar-refractivity contribution in [1.29, 1.82) is 0 Å². The van der Waals surface area contributed by atoms with E-state index in [1.807, 2.05) is 29.8 Å². The van der Waals surface area contributed by atoms with Crippen LogP contribution in [0.2, 0.25) is 5.02 Å². The Balaban J connectivity index is 2.07. The number of thiazole rings is 1. The van der Waals surface area contributed by atoms with Crippen LogP contribution in [0.25, 0.3) is 0 Å². The molecule has 0 bridgehead atoms. The first-order chi connectivity index (χ1) is 8.18. The van der Waals surface area contributed by atoms with Crippen molar-refractivity contribution in [2.75, 3.05) is 0 Å². The number of hydrogen-bond acceptors (Lipinski definition) is 3. The zero-order chi connectivity index (χ0) is 12.3. The van der Waals surface area contributed by atoms with Gasteiger partial charge in [-0.25, -0.2) is 4.98 Å². The molecule has 2 aromatic rings. The van der Waals surface area contributed by atoms with Gasteiger partial charge in [0.15, 0.2) is 0 Å². The molecule has 0 saturated carbocycles. The minimum Gasteiger partial charge on any atom is -0.302 e. The molecule has 0 saturated heterocycles. The summed E-state index contributed by atoms with van der Waals surface area (Å²) in [6.45, 7) is 4.23. The van der Waals surface area contributed by atoms with Gasteiger partial charge in [-0.2, -0.15) is 0 Å². The van der Waals surface area contributed by atoms with Gasteiger partial charge in [-0.05, 0) is 25.5 Å². The Morgan fingerprint density at radius 3 is 2.65 bits per heavy atom. The molecule has 0 aliphatic rings. The number of nitrogens with zero attached hydrogens (tertiary/aromatic N) is 1. The number of aromatic nitrogens is 1. The second-order valence-corrected chi connectivity index (χ2v) is 5.17. The smallest absolute Gasteiger partial charge is 0.0795 e. The molecule has 1 aromatic heterocycles. The average Bonchev–Trinajstić information content (AvgIpc) is 2.82. The number of benzene rings is 1. The van der Waals surface area contributed by atoms with Crippen LogP contribution < -0.4 is 5.32 Å². The van der Waals surface area contributed by atoms with Crippen LogP contribution in [0.5, 0.6) is 0 Å². The van der Waals surface area contributed by atoms with E-state index >= 15 is 0 Å². The lowest BCUT2D eigenvalue weighted by Gasteiger charge is -2.20. The first kappa shape index (κ1) is 12.6. The van der Waals surface area contributed by atoms with E-state index in [1.165, 1.54) is 0 Å². The van der Waals surface area contributed by atoms with E-state index in [-0.39, 0.29) is 12.1 Å². The molecular weight excluding hydrogens is 252 g/mol. The van der Waals surface area contributed by atoms with Crippen LogP contribution in [0.1, 0.15) is 37.2 Å². The minimum absolute atomic E-state index is 0.209. The van der Waals surface area contributed by atoms with Crippen LogP contribution in [0.15, 0.2) is 35.2 Å². The van der Waals surface area contributed by atoms with Crippen LogP contribution in [-0.2, 0) is 0 Å². The number of hydrogen-bond donors (Lipinski definition) is 1. The SMILES string of the molecule is CC(NC(C)c1ccccc1Cl)c1cscn1. The maximum absolute atomic E-state index is 6.17. The Bertz CT molecular complexity index is 470. The van der Waals surface area contributed by atoms with Crippen molar-refractivity contribution in [3.63, 3.8) is 0 Å². The largest absolute Gasteiger partial charge is 0.302 e. The van der Waals surface area contributed by atoms with Crippen molar-refractivity contribution in [2.45, 2.75) is 25.9 Å². The third kappa shape index (κ3) is 3.06. The molecule has 1 aromatic carbocycles. The van der Waals surface area contributed by atoms with E-state index in [0.29, 0.717) is 0 Å². The Kier molecular flexibility index (Phi) is 4.15. The van der Waals surface area contributed by atoms with Crippen LogP contribution in [-0.4, -0.2) is 4.98 Å². The predicted octanol–water partition coefficient (Wildman–Crippen LogP) is 4.21. The number of rotatable bonds is 4. The molecule has 0 amide bonds. The highest BCUT2D eigenvalue weighted by Gasteiger charge is 2.14. The normalized spacial score (nSPS) is 14.5. The molecule has 0 radical (unpaired) electrons. The van der Waals surface area contributed by atoms with Crippen LogP contribution >= 0.6 is 22.9 Å². The molecule has 2 nitrogen and oxygen atoms in total. The summed E-state index contributed by atoms with van der Waals surface area (Å²) in [7, 11) is 0. The highest BCUT2D eigenvalue weighted by atomic mass is 35.5. The Morgan fingerprint density at radius 1 is 1.24 bits per heavy atom. The lowest BCUT2D eigenvalue weighted by atomic mass is 10.1. The maximum atomic E-state index is 6.17. The van der Waals surface area contributed by atoms with Gasteiger partial charge < -0.3 is 5.32 Å². The summed E-state index contributed by atoms with van der Waals surface area (Å²) < 4.78 is 0. The van der Waals surface area contributed by atoms with Crippen LogP contribution in [0, 0.1) is 0 Å². The van der Waals surface area contributed by atoms with Crippen molar-refractivity contribution in [3.8, 4) is 0 Å². The Hall–Kier alpha value is -0.900. The summed E-state index contributed by atoms with van der Waals surface area (Å²) >= 11 is 7.79. The summed E-state index contributed by atoms with van der Waals surface area (Å²) in [5.41, 5.74) is 4.05. The van der Waals surface area contributed by atoms with Gasteiger partial charge in [0.05, 0.1) is 11.2 Å². The van der Waals surface area contributed by atoms with Crippen LogP contribution in [0.4, 0.5) is 0 Å². The van der Waals surface area contributed by atoms with Gasteiger partial charge in [-0.3, -0.25) is 0 Å². The van der Waals surface area contributed by atoms with Gasteiger partial charge in [-0.15, -0.1) is 11.3 Å². The topological polar surface area (TPSA) is 24.9 Å². The first-order valence-electron chi connectivity index (χ1n) is 5.57. The number of nitrogens with one attached hydrogen (secondary N) is 1. The molecule has 0 aliphatic heterocycles. The van der Waals surface area contributed by atoms with Crippen molar-refractivity contribution < 1.29 is 0 Å². The maximum Gasteiger partial charge on any atom is 0.0795 e.